The molecule has 0 aromatic carbocycles. The van der Waals surface area contributed by atoms with Gasteiger partial charge >= 0.3 is 0 Å². The quantitative estimate of drug-likeness (QED) is 0.614. The van der Waals surface area contributed by atoms with Crippen LogP contribution in [0.1, 0.15) is 5.56 Å². The predicted molar refractivity (Wildman–Crippen MR) is 58.9 cm³/mol. The van der Waals surface area contributed by atoms with Crippen LogP contribution < -0.4 is 4.74 Å². The minimum absolute atomic E-state index is 0.384. The second-order valence-electron chi connectivity index (χ2n) is 2.59. The van der Waals surface area contributed by atoms with Crippen molar-refractivity contribution in [2.24, 2.45) is 0 Å². The molecule has 0 aliphatic rings. The van der Waals surface area contributed by atoms with Crippen LogP contribution in [0.15, 0.2) is 16.7 Å². The molecule has 0 aliphatic carbocycles. The van der Waals surface area contributed by atoms with Crippen LogP contribution in [0.25, 0.3) is 0 Å². The van der Waals surface area contributed by atoms with Crippen molar-refractivity contribution in [3.63, 3.8) is 0 Å². The Hall–Kier alpha value is -0.320. The Bertz CT molecular complexity index is 296. The van der Waals surface area contributed by atoms with Gasteiger partial charge in [-0.25, -0.2) is 4.98 Å². The molecule has 0 bridgehead atoms. The Kier molecular flexibility index (Phi) is 5.22. The fourth-order valence-corrected chi connectivity index (χ4v) is 1.49. The highest BCUT2D eigenvalue weighted by atomic mass is 79.9. The first-order valence-electron chi connectivity index (χ1n) is 4.10. The van der Waals surface area contributed by atoms with E-state index in [-0.39, 0.29) is 0 Å². The number of halogens is 2. The van der Waals surface area contributed by atoms with Crippen LogP contribution in [-0.2, 0) is 10.6 Å². The summed E-state index contributed by atoms with van der Waals surface area (Å²) in [6.07, 6.45) is 1.68. The molecule has 5 heteroatoms. The smallest absolute Gasteiger partial charge is 0.217 e. The van der Waals surface area contributed by atoms with Crippen LogP contribution in [0.4, 0.5) is 0 Å². The van der Waals surface area contributed by atoms with E-state index in [1.807, 2.05) is 6.07 Å². The van der Waals surface area contributed by atoms with Gasteiger partial charge in [0.1, 0.15) is 6.61 Å². The van der Waals surface area contributed by atoms with Crippen molar-refractivity contribution < 1.29 is 9.47 Å². The Morgan fingerprint density at radius 3 is 2.93 bits per heavy atom. The van der Waals surface area contributed by atoms with Gasteiger partial charge in [-0.1, -0.05) is 0 Å². The van der Waals surface area contributed by atoms with Crippen LogP contribution in [-0.4, -0.2) is 25.3 Å². The minimum atomic E-state index is 0.384. The first-order valence-corrected chi connectivity index (χ1v) is 5.42. The summed E-state index contributed by atoms with van der Waals surface area (Å²) in [7, 11) is 1.63. The minimum Gasteiger partial charge on any atom is -0.475 e. The van der Waals surface area contributed by atoms with Gasteiger partial charge in [-0.2, -0.15) is 0 Å². The molecule has 0 spiro atoms. The van der Waals surface area contributed by atoms with Crippen LogP contribution in [0, 0.1) is 0 Å². The fourth-order valence-electron chi connectivity index (χ4n) is 0.916. The molecule has 0 radical (unpaired) electrons. The van der Waals surface area contributed by atoms with Crippen molar-refractivity contribution >= 4 is 27.5 Å². The van der Waals surface area contributed by atoms with Crippen molar-refractivity contribution in [1.82, 2.24) is 4.98 Å². The van der Waals surface area contributed by atoms with Crippen molar-refractivity contribution in [2.75, 3.05) is 20.3 Å². The van der Waals surface area contributed by atoms with Crippen molar-refractivity contribution in [3.05, 3.63) is 22.3 Å². The molecule has 0 fully saturated rings. The topological polar surface area (TPSA) is 31.4 Å². The zero-order chi connectivity index (χ0) is 10.4. The molecule has 14 heavy (non-hydrogen) atoms. The highest BCUT2D eigenvalue weighted by Crippen LogP contribution is 2.21. The van der Waals surface area contributed by atoms with E-state index in [1.165, 1.54) is 0 Å². The van der Waals surface area contributed by atoms with Crippen molar-refractivity contribution in [1.29, 1.82) is 0 Å². The largest absolute Gasteiger partial charge is 0.475 e. The molecule has 0 saturated heterocycles. The summed E-state index contributed by atoms with van der Waals surface area (Å²) in [5, 5.41) is 0. The maximum Gasteiger partial charge on any atom is 0.217 e. The summed E-state index contributed by atoms with van der Waals surface area (Å²) in [5.74, 6) is 0.953. The first-order chi connectivity index (χ1) is 6.77. The van der Waals surface area contributed by atoms with E-state index in [9.17, 15) is 0 Å². The van der Waals surface area contributed by atoms with E-state index >= 15 is 0 Å². The second kappa shape index (κ2) is 6.22. The SMILES string of the molecule is COCCOc1ncc(Br)cc1CCl. The Morgan fingerprint density at radius 2 is 2.29 bits per heavy atom. The highest BCUT2D eigenvalue weighted by molar-refractivity contribution is 9.10. The third-order valence-electron chi connectivity index (χ3n) is 1.56. The average molecular weight is 281 g/mol. The average Bonchev–Trinajstić information content (AvgIpc) is 2.20. The van der Waals surface area contributed by atoms with Crippen molar-refractivity contribution in [3.8, 4) is 5.88 Å². The number of alkyl halides is 1. The number of nitrogens with zero attached hydrogens (tertiary/aromatic N) is 1. The second-order valence-corrected chi connectivity index (χ2v) is 3.78. The van der Waals surface area contributed by atoms with Gasteiger partial charge in [0.15, 0.2) is 0 Å². The summed E-state index contributed by atoms with van der Waals surface area (Å²) >= 11 is 9.06. The monoisotopic (exact) mass is 279 g/mol. The molecule has 1 heterocycles. The van der Waals surface area contributed by atoms with Gasteiger partial charge in [0.05, 0.1) is 12.5 Å². The van der Waals surface area contributed by atoms with E-state index in [4.69, 9.17) is 21.1 Å². The molecule has 0 saturated carbocycles. The molecule has 0 amide bonds. The van der Waals surface area contributed by atoms with Crippen LogP contribution in [0.5, 0.6) is 5.88 Å². The van der Waals surface area contributed by atoms with Gasteiger partial charge in [0, 0.05) is 23.3 Å². The third-order valence-corrected chi connectivity index (χ3v) is 2.28. The Morgan fingerprint density at radius 1 is 1.50 bits per heavy atom. The van der Waals surface area contributed by atoms with Gasteiger partial charge in [0.25, 0.3) is 0 Å². The summed E-state index contributed by atoms with van der Waals surface area (Å²) in [5.41, 5.74) is 0.872. The van der Waals surface area contributed by atoms with Crippen LogP contribution in [0.2, 0.25) is 0 Å². The first kappa shape index (κ1) is 11.8. The maximum atomic E-state index is 5.74. The normalized spacial score (nSPS) is 10.2. The number of aromatic nitrogens is 1. The fraction of sp³-hybridized carbons (Fsp3) is 0.444. The zero-order valence-corrected chi connectivity index (χ0v) is 10.1. The molecular formula is C9H11BrClNO2. The molecule has 1 rings (SSSR count). The zero-order valence-electron chi connectivity index (χ0n) is 7.80. The van der Waals surface area contributed by atoms with Crippen LogP contribution >= 0.6 is 27.5 Å². The van der Waals surface area contributed by atoms with Gasteiger partial charge < -0.3 is 9.47 Å². The van der Waals surface area contributed by atoms with Crippen LogP contribution in [0.3, 0.4) is 0 Å². The summed E-state index contributed by atoms with van der Waals surface area (Å²) in [4.78, 5) is 4.11. The number of rotatable bonds is 5. The summed E-state index contributed by atoms with van der Waals surface area (Å²) < 4.78 is 11.1. The lowest BCUT2D eigenvalue weighted by Gasteiger charge is -2.08. The number of ether oxygens (including phenoxy) is 2. The molecule has 0 unspecified atom stereocenters. The number of hydrogen-bond donors (Lipinski definition) is 0. The number of hydrogen-bond acceptors (Lipinski definition) is 3. The van der Waals surface area contributed by atoms with Crippen molar-refractivity contribution in [2.45, 2.75) is 5.88 Å². The lowest BCUT2D eigenvalue weighted by atomic mass is 10.3. The standard InChI is InChI=1S/C9H11BrClNO2/c1-13-2-3-14-9-7(5-11)4-8(10)6-12-9/h4,6H,2-3,5H2,1H3. The van der Waals surface area contributed by atoms with E-state index in [1.54, 1.807) is 13.3 Å². The Balaban J connectivity index is 2.65. The highest BCUT2D eigenvalue weighted by Gasteiger charge is 2.04. The van der Waals surface area contributed by atoms with E-state index in [2.05, 4.69) is 20.9 Å². The maximum absolute atomic E-state index is 5.74. The third kappa shape index (κ3) is 3.44. The lowest BCUT2D eigenvalue weighted by Crippen LogP contribution is -2.06. The molecule has 78 valence electrons. The molecule has 0 aliphatic heterocycles. The van der Waals surface area contributed by atoms with Gasteiger partial charge in [-0.3, -0.25) is 0 Å². The van der Waals surface area contributed by atoms with E-state index in [0.29, 0.717) is 25.0 Å². The Labute approximate surface area is 96.5 Å². The van der Waals surface area contributed by atoms with Gasteiger partial charge in [0.2, 0.25) is 5.88 Å². The molecule has 1 aromatic rings. The molecule has 1 aromatic heterocycles. The summed E-state index contributed by atoms with van der Waals surface area (Å²) in [6, 6.07) is 1.89. The summed E-state index contributed by atoms with van der Waals surface area (Å²) in [6.45, 7) is 1.02. The molecule has 0 N–H and O–H groups in total. The molecular weight excluding hydrogens is 269 g/mol. The van der Waals surface area contributed by atoms with Gasteiger partial charge in [-0.05, 0) is 22.0 Å². The number of pyridine rings is 1. The van der Waals surface area contributed by atoms with E-state index in [0.717, 1.165) is 10.0 Å². The molecule has 3 nitrogen and oxygen atoms in total. The number of methoxy groups -OCH3 is 1. The van der Waals surface area contributed by atoms with Gasteiger partial charge in [-0.15, -0.1) is 11.6 Å². The van der Waals surface area contributed by atoms with E-state index < -0.39 is 0 Å². The molecule has 0 atom stereocenters. The lowest BCUT2D eigenvalue weighted by molar-refractivity contribution is 0.143. The predicted octanol–water partition coefficient (Wildman–Crippen LogP) is 2.61.